The largest absolute Gasteiger partial charge is 0.355 e. The fourth-order valence-corrected chi connectivity index (χ4v) is 4.32. The first-order valence-corrected chi connectivity index (χ1v) is 9.98. The summed E-state index contributed by atoms with van der Waals surface area (Å²) in [6.45, 7) is 2.87. The smallest absolute Gasteiger partial charge is 0.223 e. The molecule has 2 amide bonds. The molecule has 0 atom stereocenters. The van der Waals surface area contributed by atoms with Gasteiger partial charge in [0.05, 0.1) is 0 Å². The lowest BCUT2D eigenvalue weighted by Crippen LogP contribution is -2.49. The Kier molecular flexibility index (Phi) is 6.52. The van der Waals surface area contributed by atoms with Crippen molar-refractivity contribution in [2.75, 3.05) is 19.6 Å². The third-order valence-corrected chi connectivity index (χ3v) is 6.09. The zero-order valence-electron chi connectivity index (χ0n) is 14.8. The first-order valence-electron chi connectivity index (χ1n) is 9.98. The molecule has 0 aromatic heterocycles. The second-order valence-corrected chi connectivity index (χ2v) is 8.09. The van der Waals surface area contributed by atoms with Crippen molar-refractivity contribution < 1.29 is 9.59 Å². The van der Waals surface area contributed by atoms with Gasteiger partial charge in [-0.3, -0.25) is 9.59 Å². The highest BCUT2D eigenvalue weighted by Crippen LogP contribution is 2.27. The Morgan fingerprint density at radius 2 is 1.58 bits per heavy atom. The van der Waals surface area contributed by atoms with Crippen LogP contribution in [0.4, 0.5) is 0 Å². The Morgan fingerprint density at radius 3 is 2.21 bits per heavy atom. The van der Waals surface area contributed by atoms with E-state index >= 15 is 0 Å². The fraction of sp³-hybridized carbons (Fsp3) is 0.895. The summed E-state index contributed by atoms with van der Waals surface area (Å²) in [6, 6.07) is 0.279. The average Bonchev–Trinajstić information content (AvgIpc) is 2.55. The predicted molar refractivity (Wildman–Crippen MR) is 94.5 cm³/mol. The lowest BCUT2D eigenvalue weighted by atomic mass is 9.84. The molecule has 1 saturated heterocycles. The van der Waals surface area contributed by atoms with Crippen LogP contribution in [0.5, 0.6) is 0 Å². The van der Waals surface area contributed by atoms with E-state index in [2.05, 4.69) is 16.0 Å². The van der Waals surface area contributed by atoms with Crippen molar-refractivity contribution in [2.24, 2.45) is 17.8 Å². The summed E-state index contributed by atoms with van der Waals surface area (Å²) < 4.78 is 0. The van der Waals surface area contributed by atoms with Crippen LogP contribution in [0.3, 0.4) is 0 Å². The minimum absolute atomic E-state index is 0.143. The van der Waals surface area contributed by atoms with Crippen molar-refractivity contribution in [2.45, 2.75) is 70.3 Å². The van der Waals surface area contributed by atoms with Crippen molar-refractivity contribution in [3.8, 4) is 0 Å². The number of hydrogen-bond acceptors (Lipinski definition) is 3. The fourth-order valence-electron chi connectivity index (χ4n) is 4.32. The molecule has 3 N–H and O–H groups in total. The van der Waals surface area contributed by atoms with E-state index < -0.39 is 0 Å². The monoisotopic (exact) mass is 335 g/mol. The molecule has 3 aliphatic rings. The van der Waals surface area contributed by atoms with E-state index in [-0.39, 0.29) is 23.8 Å². The third-order valence-electron chi connectivity index (χ3n) is 6.09. The molecule has 0 bridgehead atoms. The standard InChI is InChI=1S/C19H33N3O2/c23-18(10-14-4-2-1-3-5-14)22-17-8-6-16(7-9-17)19(24)21-13-15-11-20-12-15/h14-17,20H,1-13H2,(H,21,24)(H,22,23). The molecule has 24 heavy (non-hydrogen) atoms. The Morgan fingerprint density at radius 1 is 0.875 bits per heavy atom. The lowest BCUT2D eigenvalue weighted by molar-refractivity contribution is -0.126. The first kappa shape index (κ1) is 17.7. The van der Waals surface area contributed by atoms with Gasteiger partial charge in [-0.2, -0.15) is 0 Å². The number of amides is 2. The van der Waals surface area contributed by atoms with Crippen LogP contribution < -0.4 is 16.0 Å². The van der Waals surface area contributed by atoms with Gasteiger partial charge in [0.25, 0.3) is 0 Å². The van der Waals surface area contributed by atoms with Gasteiger partial charge in [-0.25, -0.2) is 0 Å². The zero-order chi connectivity index (χ0) is 16.8. The molecule has 1 heterocycles. The molecule has 136 valence electrons. The molecule has 1 aliphatic heterocycles. The van der Waals surface area contributed by atoms with Gasteiger partial charge >= 0.3 is 0 Å². The van der Waals surface area contributed by atoms with E-state index in [1.54, 1.807) is 0 Å². The topological polar surface area (TPSA) is 70.2 Å². The number of rotatable bonds is 6. The zero-order valence-corrected chi connectivity index (χ0v) is 14.8. The Balaban J connectivity index is 1.30. The minimum atomic E-state index is 0.143. The third kappa shape index (κ3) is 5.20. The maximum atomic E-state index is 12.2. The van der Waals surface area contributed by atoms with Crippen molar-refractivity contribution in [3.05, 3.63) is 0 Å². The van der Waals surface area contributed by atoms with E-state index in [0.717, 1.165) is 45.3 Å². The van der Waals surface area contributed by atoms with Gasteiger partial charge in [-0.05, 0) is 44.4 Å². The van der Waals surface area contributed by atoms with Crippen molar-refractivity contribution in [1.29, 1.82) is 0 Å². The molecule has 0 radical (unpaired) electrons. The van der Waals surface area contributed by atoms with Crippen LogP contribution in [0, 0.1) is 17.8 Å². The van der Waals surface area contributed by atoms with Crippen molar-refractivity contribution >= 4 is 11.8 Å². The summed E-state index contributed by atoms with van der Waals surface area (Å²) in [5.41, 5.74) is 0. The van der Waals surface area contributed by atoms with Gasteiger partial charge in [-0.1, -0.05) is 19.3 Å². The normalized spacial score (nSPS) is 28.8. The van der Waals surface area contributed by atoms with Gasteiger partial charge in [-0.15, -0.1) is 0 Å². The maximum Gasteiger partial charge on any atom is 0.223 e. The van der Waals surface area contributed by atoms with E-state index in [1.165, 1.54) is 32.1 Å². The van der Waals surface area contributed by atoms with Crippen molar-refractivity contribution in [1.82, 2.24) is 16.0 Å². The number of hydrogen-bond donors (Lipinski definition) is 3. The molecule has 0 unspecified atom stereocenters. The van der Waals surface area contributed by atoms with Gasteiger partial charge in [0.2, 0.25) is 11.8 Å². The average molecular weight is 335 g/mol. The number of carbonyl (C=O) groups excluding carboxylic acids is 2. The van der Waals surface area contributed by atoms with Crippen LogP contribution in [-0.4, -0.2) is 37.5 Å². The van der Waals surface area contributed by atoms with Crippen LogP contribution in [0.1, 0.15) is 64.2 Å². The minimum Gasteiger partial charge on any atom is -0.355 e. The molecule has 5 heteroatoms. The highest BCUT2D eigenvalue weighted by Gasteiger charge is 2.28. The van der Waals surface area contributed by atoms with E-state index in [1.807, 2.05) is 0 Å². The Bertz CT molecular complexity index is 422. The Hall–Kier alpha value is -1.10. The highest BCUT2D eigenvalue weighted by molar-refractivity contribution is 5.79. The number of carbonyl (C=O) groups is 2. The van der Waals surface area contributed by atoms with Gasteiger partial charge in [0, 0.05) is 43.9 Å². The SMILES string of the molecule is O=C(CC1CCCCC1)NC1CCC(C(=O)NCC2CNC2)CC1. The van der Waals surface area contributed by atoms with Crippen LogP contribution >= 0.6 is 0 Å². The summed E-state index contributed by atoms with van der Waals surface area (Å²) in [7, 11) is 0. The second-order valence-electron chi connectivity index (χ2n) is 8.09. The molecule has 3 rings (SSSR count). The van der Waals surface area contributed by atoms with Crippen LogP contribution in [0.2, 0.25) is 0 Å². The first-order chi connectivity index (χ1) is 11.7. The summed E-state index contributed by atoms with van der Waals surface area (Å²) >= 11 is 0. The van der Waals surface area contributed by atoms with Crippen LogP contribution in [0.15, 0.2) is 0 Å². The van der Waals surface area contributed by atoms with E-state index in [4.69, 9.17) is 0 Å². The molecule has 3 fully saturated rings. The molecule has 0 spiro atoms. The van der Waals surface area contributed by atoms with E-state index in [9.17, 15) is 9.59 Å². The van der Waals surface area contributed by atoms with Crippen LogP contribution in [-0.2, 0) is 9.59 Å². The number of nitrogens with one attached hydrogen (secondary N) is 3. The summed E-state index contributed by atoms with van der Waals surface area (Å²) in [4.78, 5) is 24.4. The summed E-state index contributed by atoms with van der Waals surface area (Å²) in [5.74, 6) is 1.80. The molecular formula is C19H33N3O2. The van der Waals surface area contributed by atoms with Gasteiger partial charge in [0.1, 0.15) is 0 Å². The quantitative estimate of drug-likeness (QED) is 0.695. The molecule has 2 aliphatic carbocycles. The maximum absolute atomic E-state index is 12.2. The molecule has 0 aromatic carbocycles. The molecule has 5 nitrogen and oxygen atoms in total. The van der Waals surface area contributed by atoms with Gasteiger partial charge < -0.3 is 16.0 Å². The summed E-state index contributed by atoms with van der Waals surface area (Å²) in [6.07, 6.45) is 10.8. The van der Waals surface area contributed by atoms with Crippen molar-refractivity contribution in [3.63, 3.8) is 0 Å². The summed E-state index contributed by atoms with van der Waals surface area (Å²) in [5, 5.41) is 9.54. The van der Waals surface area contributed by atoms with Gasteiger partial charge in [0.15, 0.2) is 0 Å². The highest BCUT2D eigenvalue weighted by atomic mass is 16.2. The second kappa shape index (κ2) is 8.84. The Labute approximate surface area is 145 Å². The lowest BCUT2D eigenvalue weighted by Gasteiger charge is -2.31. The molecule has 0 aromatic rings. The molecular weight excluding hydrogens is 302 g/mol. The predicted octanol–water partition coefficient (Wildman–Crippen LogP) is 1.97. The molecule has 2 saturated carbocycles. The van der Waals surface area contributed by atoms with E-state index in [0.29, 0.717) is 18.3 Å². The van der Waals surface area contributed by atoms with Crippen LogP contribution in [0.25, 0.3) is 0 Å².